The van der Waals surface area contributed by atoms with Crippen molar-refractivity contribution in [3.05, 3.63) is 51.8 Å². The first-order valence-corrected chi connectivity index (χ1v) is 10.6. The van der Waals surface area contributed by atoms with E-state index in [0.717, 1.165) is 52.0 Å². The Labute approximate surface area is 182 Å². The molecule has 162 valence electrons. The van der Waals surface area contributed by atoms with Gasteiger partial charge in [-0.25, -0.2) is 4.98 Å². The third kappa shape index (κ3) is 4.04. The minimum absolute atomic E-state index is 0.0342. The lowest BCUT2D eigenvalue weighted by atomic mass is 10.0. The number of nitrogens with one attached hydrogen (secondary N) is 1. The van der Waals surface area contributed by atoms with Crippen LogP contribution in [0.4, 0.5) is 5.69 Å². The van der Waals surface area contributed by atoms with Gasteiger partial charge in [-0.2, -0.15) is 5.10 Å². The first-order chi connectivity index (χ1) is 14.7. The molecule has 0 bridgehead atoms. The number of aromatic nitrogens is 3. The fourth-order valence-corrected chi connectivity index (χ4v) is 4.27. The van der Waals surface area contributed by atoms with E-state index < -0.39 is 0 Å². The lowest BCUT2D eigenvalue weighted by Crippen LogP contribution is -2.35. The zero-order valence-electron chi connectivity index (χ0n) is 19.0. The second-order valence-corrected chi connectivity index (χ2v) is 8.76. The zero-order valence-corrected chi connectivity index (χ0v) is 19.0. The number of carbonyl (C=O) groups excluding carboxylic acids is 2. The molecule has 7 nitrogen and oxygen atoms in total. The molecular weight excluding hydrogens is 390 g/mol. The Kier molecular flexibility index (Phi) is 5.29. The Bertz CT molecular complexity index is 1180. The lowest BCUT2D eigenvalue weighted by Gasteiger charge is -2.19. The van der Waals surface area contributed by atoms with Gasteiger partial charge in [-0.3, -0.25) is 14.3 Å². The number of amides is 2. The summed E-state index contributed by atoms with van der Waals surface area (Å²) < 4.78 is 1.73. The van der Waals surface area contributed by atoms with E-state index in [4.69, 9.17) is 4.98 Å². The number of likely N-dealkylation sites (N-methyl/N-ethyl adjacent to an activating group) is 1. The Balaban J connectivity index is 1.58. The molecule has 2 amide bonds. The Morgan fingerprint density at radius 2 is 1.77 bits per heavy atom. The molecule has 0 radical (unpaired) electrons. The van der Waals surface area contributed by atoms with E-state index >= 15 is 0 Å². The van der Waals surface area contributed by atoms with Gasteiger partial charge in [0.15, 0.2) is 5.65 Å². The SMILES string of the molecule is Cc1cc(C)c(NC(=O)CN(C)C(=O)c2cc(C3CC3)nc3c2c(C)nn3C)c(C)c1. The second kappa shape index (κ2) is 7.80. The van der Waals surface area contributed by atoms with Crippen molar-refractivity contribution in [2.24, 2.45) is 7.05 Å². The van der Waals surface area contributed by atoms with Crippen molar-refractivity contribution in [2.75, 3.05) is 18.9 Å². The summed E-state index contributed by atoms with van der Waals surface area (Å²) >= 11 is 0. The molecule has 1 aromatic carbocycles. The van der Waals surface area contributed by atoms with Crippen LogP contribution in [0.25, 0.3) is 11.0 Å². The number of benzene rings is 1. The number of pyridine rings is 1. The number of carbonyl (C=O) groups is 2. The summed E-state index contributed by atoms with van der Waals surface area (Å²) in [6.07, 6.45) is 2.19. The van der Waals surface area contributed by atoms with Gasteiger partial charge in [-0.05, 0) is 57.7 Å². The number of fused-ring (bicyclic) bond motifs is 1. The molecule has 1 aliphatic rings. The number of nitrogens with zero attached hydrogens (tertiary/aromatic N) is 4. The zero-order chi connectivity index (χ0) is 22.4. The van der Waals surface area contributed by atoms with E-state index in [0.29, 0.717) is 17.1 Å². The van der Waals surface area contributed by atoms with Gasteiger partial charge in [-0.15, -0.1) is 0 Å². The predicted molar refractivity (Wildman–Crippen MR) is 121 cm³/mol. The lowest BCUT2D eigenvalue weighted by molar-refractivity contribution is -0.116. The van der Waals surface area contributed by atoms with Gasteiger partial charge in [0.25, 0.3) is 5.91 Å². The maximum Gasteiger partial charge on any atom is 0.254 e. The van der Waals surface area contributed by atoms with Crippen molar-refractivity contribution < 1.29 is 9.59 Å². The molecule has 0 atom stereocenters. The molecule has 1 aliphatic carbocycles. The van der Waals surface area contributed by atoms with Crippen molar-refractivity contribution >= 4 is 28.5 Å². The van der Waals surface area contributed by atoms with Gasteiger partial charge >= 0.3 is 0 Å². The summed E-state index contributed by atoms with van der Waals surface area (Å²) in [4.78, 5) is 32.3. The van der Waals surface area contributed by atoms with Crippen LogP contribution in [0.1, 0.15) is 57.2 Å². The largest absolute Gasteiger partial charge is 0.332 e. The summed E-state index contributed by atoms with van der Waals surface area (Å²) in [5.74, 6) is -0.00771. The van der Waals surface area contributed by atoms with Crippen LogP contribution < -0.4 is 5.32 Å². The quantitative estimate of drug-likeness (QED) is 0.682. The molecule has 1 fully saturated rings. The van der Waals surface area contributed by atoms with E-state index in [2.05, 4.69) is 10.4 Å². The normalized spacial score (nSPS) is 13.5. The van der Waals surface area contributed by atoms with Gasteiger partial charge in [0.05, 0.1) is 23.2 Å². The minimum Gasteiger partial charge on any atom is -0.332 e. The molecule has 4 rings (SSSR count). The highest BCUT2D eigenvalue weighted by Gasteiger charge is 2.29. The molecule has 1 saturated carbocycles. The Hall–Kier alpha value is -3.22. The summed E-state index contributed by atoms with van der Waals surface area (Å²) in [6.45, 7) is 7.83. The second-order valence-electron chi connectivity index (χ2n) is 8.76. The average Bonchev–Trinajstić information content (AvgIpc) is 3.50. The van der Waals surface area contributed by atoms with E-state index in [9.17, 15) is 9.59 Å². The average molecular weight is 420 g/mol. The smallest absolute Gasteiger partial charge is 0.254 e. The molecule has 7 heteroatoms. The fraction of sp³-hybridized carbons (Fsp3) is 0.417. The van der Waals surface area contributed by atoms with E-state index in [-0.39, 0.29) is 18.4 Å². The van der Waals surface area contributed by atoms with Crippen LogP contribution in [0.2, 0.25) is 0 Å². The van der Waals surface area contributed by atoms with Gasteiger partial charge in [-0.1, -0.05) is 17.7 Å². The van der Waals surface area contributed by atoms with Crippen molar-refractivity contribution in [3.63, 3.8) is 0 Å². The standard InChI is InChI=1S/C24H29N5O2/c1-13-9-14(2)22(15(3)10-13)26-20(30)12-28(5)24(31)18-11-19(17-7-8-17)25-23-21(18)16(4)27-29(23)6/h9-11,17H,7-8,12H2,1-6H3,(H,26,30). The molecule has 2 heterocycles. The molecular formula is C24H29N5O2. The first kappa shape index (κ1) is 21.0. The fourth-order valence-electron chi connectivity index (χ4n) is 4.27. The third-order valence-electron chi connectivity index (χ3n) is 5.88. The highest BCUT2D eigenvalue weighted by atomic mass is 16.2. The molecule has 3 aromatic rings. The van der Waals surface area contributed by atoms with Crippen LogP contribution in [-0.4, -0.2) is 45.1 Å². The predicted octanol–water partition coefficient (Wildman–Crippen LogP) is 3.79. The Morgan fingerprint density at radius 3 is 2.39 bits per heavy atom. The van der Waals surface area contributed by atoms with Crippen LogP contribution in [0.15, 0.2) is 18.2 Å². The monoisotopic (exact) mass is 419 g/mol. The molecule has 0 saturated heterocycles. The molecule has 1 N–H and O–H groups in total. The van der Waals surface area contributed by atoms with E-state index in [1.807, 2.05) is 52.9 Å². The van der Waals surface area contributed by atoms with Crippen molar-refractivity contribution in [3.8, 4) is 0 Å². The third-order valence-corrected chi connectivity index (χ3v) is 5.88. The molecule has 0 aliphatic heterocycles. The van der Waals surface area contributed by atoms with Crippen LogP contribution in [0.3, 0.4) is 0 Å². The molecule has 0 spiro atoms. The van der Waals surface area contributed by atoms with Crippen LogP contribution in [0.5, 0.6) is 0 Å². The summed E-state index contributed by atoms with van der Waals surface area (Å²) in [5, 5.41) is 8.19. The van der Waals surface area contributed by atoms with Crippen molar-refractivity contribution in [2.45, 2.75) is 46.5 Å². The van der Waals surface area contributed by atoms with Crippen LogP contribution >= 0.6 is 0 Å². The molecule has 0 unspecified atom stereocenters. The van der Waals surface area contributed by atoms with Gasteiger partial charge in [0.1, 0.15) is 0 Å². The van der Waals surface area contributed by atoms with Gasteiger partial charge < -0.3 is 10.2 Å². The molecule has 31 heavy (non-hydrogen) atoms. The number of rotatable bonds is 5. The Morgan fingerprint density at radius 1 is 1.13 bits per heavy atom. The number of hydrogen-bond acceptors (Lipinski definition) is 4. The number of anilines is 1. The highest BCUT2D eigenvalue weighted by Crippen LogP contribution is 2.40. The molecule has 2 aromatic heterocycles. The van der Waals surface area contributed by atoms with Crippen LogP contribution in [-0.2, 0) is 11.8 Å². The maximum atomic E-state index is 13.4. The maximum absolute atomic E-state index is 13.4. The first-order valence-electron chi connectivity index (χ1n) is 10.6. The van der Waals surface area contributed by atoms with E-state index in [1.54, 1.807) is 11.7 Å². The number of aryl methyl sites for hydroxylation is 5. The highest BCUT2D eigenvalue weighted by molar-refractivity contribution is 6.08. The van der Waals surface area contributed by atoms with Crippen molar-refractivity contribution in [1.82, 2.24) is 19.7 Å². The van der Waals surface area contributed by atoms with Gasteiger partial charge in [0, 0.05) is 31.4 Å². The van der Waals surface area contributed by atoms with Crippen LogP contribution in [0, 0.1) is 27.7 Å². The van der Waals surface area contributed by atoms with Gasteiger partial charge in [0.2, 0.25) is 5.91 Å². The topological polar surface area (TPSA) is 80.1 Å². The summed E-state index contributed by atoms with van der Waals surface area (Å²) in [6, 6.07) is 5.96. The van der Waals surface area contributed by atoms with Crippen molar-refractivity contribution in [1.29, 1.82) is 0 Å². The summed E-state index contributed by atoms with van der Waals surface area (Å²) in [7, 11) is 3.50. The summed E-state index contributed by atoms with van der Waals surface area (Å²) in [5.41, 5.74) is 6.96. The van der Waals surface area contributed by atoms with E-state index in [1.165, 1.54) is 4.90 Å². The number of hydrogen-bond donors (Lipinski definition) is 1. The minimum atomic E-state index is -0.221.